The molecule has 31 unspecified atom stereocenters. The van der Waals surface area contributed by atoms with Gasteiger partial charge in [-0.1, -0.05) is 60.1 Å². The third-order valence-corrected chi connectivity index (χ3v) is 22.7. The highest BCUT2D eigenvalue weighted by atomic mass is 16.8. The van der Waals surface area contributed by atoms with E-state index >= 15 is 4.79 Å². The average Bonchev–Trinajstić information content (AvgIpc) is 3.38. The summed E-state index contributed by atoms with van der Waals surface area (Å²) in [7, 11) is 0. The molecule has 5 heterocycles. The molecule has 25 nitrogen and oxygen atoms in total. The lowest BCUT2D eigenvalue weighted by atomic mass is 9.33. The Balaban J connectivity index is 0.832. The fourth-order valence-corrected chi connectivity index (χ4v) is 17.2. The first kappa shape index (κ1) is 64.3. The van der Waals surface area contributed by atoms with Gasteiger partial charge in [0.05, 0.1) is 44.1 Å². The standard InChI is InChI=1S/C58H94O25/c1-24-34(61)45(81-48-42(69)35(62)27(59)20-75-48)44(71)50(77-24)82-46-36(63)28(60)21-76-51(46)80-33-12-13-55(6)31(54(33,4)5)11-14-57(8)32(55)10-9-25-26-19-53(2,3)15-17-58(26,18-16-56(25,57)7)52(73)83-49-43(70)40(67)38(65)30(79-49)23-74-22-29-37(64)39(66)41(68)47(72)78-29/h9,24,26-51,59-72H,10-23H2,1-8H3. The van der Waals surface area contributed by atoms with E-state index < -0.39 is 177 Å². The molecule has 0 aromatic heterocycles. The predicted octanol–water partition coefficient (Wildman–Crippen LogP) is -1.91. The molecule has 10 rings (SSSR count). The van der Waals surface area contributed by atoms with E-state index in [4.69, 9.17) is 47.4 Å². The summed E-state index contributed by atoms with van der Waals surface area (Å²) < 4.78 is 59.4. The lowest BCUT2D eigenvalue weighted by Gasteiger charge is -2.71. The molecule has 0 bridgehead atoms. The Hall–Kier alpha value is -1.71. The Morgan fingerprint density at radius 2 is 1.16 bits per heavy atom. The minimum atomic E-state index is -1.81. The van der Waals surface area contributed by atoms with Crippen molar-refractivity contribution in [2.75, 3.05) is 26.4 Å². The van der Waals surface area contributed by atoms with Crippen LogP contribution in [0.5, 0.6) is 0 Å². The van der Waals surface area contributed by atoms with E-state index in [2.05, 4.69) is 54.5 Å². The lowest BCUT2D eigenvalue weighted by Crippen LogP contribution is -2.66. The Kier molecular flexibility index (Phi) is 18.3. The van der Waals surface area contributed by atoms with Gasteiger partial charge in [-0.05, 0) is 116 Å². The SMILES string of the molecule is CC1OC(OC2C(OC3CCC4(C)C(CCC5(C)C4CC=C4C6CC(C)(C)CCC6(C(=O)OC6OC(COCC7OC(O)C(O)C(O)C7O)C(O)C(O)C6O)CCC45C)C3(C)C)OCC(O)C2O)C(O)C(OC2OCC(O)C(O)C2O)C1O. The van der Waals surface area contributed by atoms with Crippen LogP contribution in [0, 0.1) is 50.2 Å². The van der Waals surface area contributed by atoms with Crippen LogP contribution in [0.25, 0.3) is 0 Å². The van der Waals surface area contributed by atoms with Crippen molar-refractivity contribution in [3.05, 3.63) is 11.6 Å². The largest absolute Gasteiger partial charge is 0.432 e. The number of fused-ring (bicyclic) bond motifs is 7. The van der Waals surface area contributed by atoms with E-state index in [0.717, 1.165) is 32.1 Å². The van der Waals surface area contributed by atoms with Gasteiger partial charge in [0.1, 0.15) is 104 Å². The van der Waals surface area contributed by atoms with Crippen molar-refractivity contribution in [3.8, 4) is 0 Å². The van der Waals surface area contributed by atoms with Crippen LogP contribution < -0.4 is 0 Å². The number of carbonyl (C=O) groups excluding carboxylic acids is 1. The fourth-order valence-electron chi connectivity index (χ4n) is 17.2. The molecule has 5 aliphatic carbocycles. The Morgan fingerprint density at radius 3 is 1.84 bits per heavy atom. The van der Waals surface area contributed by atoms with Gasteiger partial charge in [-0.2, -0.15) is 0 Å². The molecule has 14 N–H and O–H groups in total. The molecule has 4 saturated carbocycles. The van der Waals surface area contributed by atoms with Crippen LogP contribution in [-0.4, -0.2) is 251 Å². The van der Waals surface area contributed by atoms with Gasteiger partial charge in [0.25, 0.3) is 0 Å². The van der Waals surface area contributed by atoms with E-state index in [0.29, 0.717) is 32.1 Å². The van der Waals surface area contributed by atoms with Crippen molar-refractivity contribution in [1.29, 1.82) is 0 Å². The van der Waals surface area contributed by atoms with Crippen LogP contribution in [0.3, 0.4) is 0 Å². The van der Waals surface area contributed by atoms with Gasteiger partial charge in [0.15, 0.2) is 25.2 Å². The van der Waals surface area contributed by atoms with E-state index in [9.17, 15) is 71.5 Å². The zero-order valence-corrected chi connectivity index (χ0v) is 48.8. The summed E-state index contributed by atoms with van der Waals surface area (Å²) in [6.45, 7) is 16.0. The number of aliphatic hydroxyl groups excluding tert-OH is 14. The number of hydrogen-bond donors (Lipinski definition) is 14. The van der Waals surface area contributed by atoms with Gasteiger partial charge in [0, 0.05) is 0 Å². The Morgan fingerprint density at radius 1 is 0.554 bits per heavy atom. The highest BCUT2D eigenvalue weighted by Gasteiger charge is 2.70. The van der Waals surface area contributed by atoms with Gasteiger partial charge in [0.2, 0.25) is 6.29 Å². The van der Waals surface area contributed by atoms with Gasteiger partial charge < -0.3 is 119 Å². The van der Waals surface area contributed by atoms with Gasteiger partial charge >= 0.3 is 5.97 Å². The summed E-state index contributed by atoms with van der Waals surface area (Å²) in [5, 5.41) is 150. The first-order valence-corrected chi connectivity index (χ1v) is 30.0. The molecule has 10 aliphatic rings. The van der Waals surface area contributed by atoms with Crippen molar-refractivity contribution in [2.45, 2.75) is 267 Å². The summed E-state index contributed by atoms with van der Waals surface area (Å²) in [6.07, 6.45) is -26.6. The van der Waals surface area contributed by atoms with E-state index in [1.54, 1.807) is 0 Å². The van der Waals surface area contributed by atoms with Crippen molar-refractivity contribution < 1.29 is 124 Å². The zero-order valence-electron chi connectivity index (χ0n) is 48.8. The monoisotopic (exact) mass is 1190 g/mol. The molecule has 31 atom stereocenters. The van der Waals surface area contributed by atoms with Gasteiger partial charge in [-0.3, -0.25) is 4.79 Å². The predicted molar refractivity (Wildman–Crippen MR) is 282 cm³/mol. The van der Waals surface area contributed by atoms with Crippen LogP contribution in [0.4, 0.5) is 0 Å². The lowest BCUT2D eigenvalue weighted by molar-refractivity contribution is -0.378. The first-order chi connectivity index (χ1) is 38.8. The summed E-state index contributed by atoms with van der Waals surface area (Å²) in [5.41, 5.74) is -1.10. The Labute approximate surface area is 483 Å². The molecule has 0 aromatic rings. The Bertz CT molecular complexity index is 2310. The second kappa shape index (κ2) is 23.6. The normalized spacial score (nSPS) is 54.2. The molecule has 476 valence electrons. The number of allylic oxidation sites excluding steroid dienone is 2. The molecule has 25 heteroatoms. The summed E-state index contributed by atoms with van der Waals surface area (Å²) in [4.78, 5) is 15.1. The second-order valence-electron chi connectivity index (χ2n) is 28.3. The summed E-state index contributed by atoms with van der Waals surface area (Å²) in [5.74, 6) is -0.424. The molecule has 0 radical (unpaired) electrons. The molecule has 5 aliphatic heterocycles. The van der Waals surface area contributed by atoms with Gasteiger partial charge in [-0.25, -0.2) is 0 Å². The second-order valence-corrected chi connectivity index (χ2v) is 28.3. The van der Waals surface area contributed by atoms with E-state index in [1.807, 2.05) is 0 Å². The first-order valence-electron chi connectivity index (χ1n) is 30.0. The van der Waals surface area contributed by atoms with Crippen molar-refractivity contribution in [1.82, 2.24) is 0 Å². The number of carbonyl (C=O) groups is 1. The number of aliphatic hydroxyl groups is 14. The number of ether oxygens (including phenoxy) is 10. The highest BCUT2D eigenvalue weighted by Crippen LogP contribution is 2.76. The maximum atomic E-state index is 15.1. The quantitative estimate of drug-likeness (QED) is 0.0576. The topological polar surface area (TPSA) is 393 Å². The minimum absolute atomic E-state index is 0.131. The highest BCUT2D eigenvalue weighted by molar-refractivity contribution is 5.79. The zero-order chi connectivity index (χ0) is 60.4. The number of rotatable bonds is 12. The maximum absolute atomic E-state index is 15.1. The average molecular weight is 1190 g/mol. The molecule has 9 fully saturated rings. The molecular weight excluding hydrogens is 1100 g/mol. The molecule has 0 amide bonds. The van der Waals surface area contributed by atoms with Gasteiger partial charge in [-0.15, -0.1) is 0 Å². The van der Waals surface area contributed by atoms with Crippen LogP contribution in [0.2, 0.25) is 0 Å². The molecule has 0 spiro atoms. The minimum Gasteiger partial charge on any atom is -0.432 e. The fraction of sp³-hybridized carbons (Fsp3) is 0.948. The van der Waals surface area contributed by atoms with Crippen LogP contribution >= 0.6 is 0 Å². The van der Waals surface area contributed by atoms with Crippen molar-refractivity contribution in [2.24, 2.45) is 50.2 Å². The molecule has 0 aromatic carbocycles. The van der Waals surface area contributed by atoms with Crippen LogP contribution in [0.1, 0.15) is 120 Å². The van der Waals surface area contributed by atoms with Crippen LogP contribution in [-0.2, 0) is 52.2 Å². The smallest absolute Gasteiger partial charge is 0.315 e. The van der Waals surface area contributed by atoms with Crippen molar-refractivity contribution in [3.63, 3.8) is 0 Å². The molecule has 5 saturated heterocycles. The van der Waals surface area contributed by atoms with Crippen LogP contribution in [0.15, 0.2) is 11.6 Å². The number of esters is 1. The molecule has 83 heavy (non-hydrogen) atoms. The molecular formula is C58H94O25. The number of hydrogen-bond acceptors (Lipinski definition) is 25. The summed E-state index contributed by atoms with van der Waals surface area (Å²) in [6, 6.07) is 0. The van der Waals surface area contributed by atoms with Crippen molar-refractivity contribution >= 4 is 5.97 Å². The maximum Gasteiger partial charge on any atom is 0.315 e. The van der Waals surface area contributed by atoms with E-state index in [1.165, 1.54) is 12.5 Å². The summed E-state index contributed by atoms with van der Waals surface area (Å²) >= 11 is 0. The van der Waals surface area contributed by atoms with E-state index in [-0.39, 0.29) is 52.6 Å². The third-order valence-electron chi connectivity index (χ3n) is 22.7. The third kappa shape index (κ3) is 11.0.